The second-order valence-electron chi connectivity index (χ2n) is 3.43. The summed E-state index contributed by atoms with van der Waals surface area (Å²) in [5, 5.41) is 0. The van der Waals surface area contributed by atoms with E-state index in [9.17, 15) is 4.79 Å². The molecule has 76 valence electrons. The lowest BCUT2D eigenvalue weighted by Gasteiger charge is -2.00. The number of hydrogen-bond donors (Lipinski definition) is 0. The van der Waals surface area contributed by atoms with E-state index in [2.05, 4.69) is 4.98 Å². The van der Waals surface area contributed by atoms with Crippen LogP contribution in [-0.2, 0) is 0 Å². The van der Waals surface area contributed by atoms with E-state index in [0.717, 1.165) is 15.3 Å². The third kappa shape index (κ3) is 1.97. The molecule has 0 saturated carbocycles. The zero-order valence-corrected chi connectivity index (χ0v) is 9.47. The smallest absolute Gasteiger partial charge is 0.204 e. The molecule has 0 N–H and O–H groups in total. The maximum absolute atomic E-state index is 12.1. The van der Waals surface area contributed by atoms with Crippen molar-refractivity contribution in [3.63, 3.8) is 0 Å². The molecule has 0 unspecified atom stereocenters. The fourth-order valence-electron chi connectivity index (χ4n) is 1.39. The number of pyridine rings is 1. The maximum atomic E-state index is 12.1. The summed E-state index contributed by atoms with van der Waals surface area (Å²) in [5.41, 5.74) is 1.67. The lowest BCUT2D eigenvalue weighted by atomic mass is 10.1. The lowest BCUT2D eigenvalue weighted by Crippen LogP contribution is -2.01. The number of aryl methyl sites for hydroxylation is 2. The molecule has 2 aromatic heterocycles. The Labute approximate surface area is 92.6 Å². The second kappa shape index (κ2) is 3.95. The van der Waals surface area contributed by atoms with Gasteiger partial charge in [-0.05, 0) is 37.6 Å². The number of rotatable bonds is 2. The Hall–Kier alpha value is -1.48. The quantitative estimate of drug-likeness (QED) is 0.724. The minimum atomic E-state index is 0.0682. The largest absolute Gasteiger partial charge is 0.288 e. The van der Waals surface area contributed by atoms with Crippen LogP contribution in [0, 0.1) is 13.8 Å². The van der Waals surface area contributed by atoms with Crippen molar-refractivity contribution in [2.45, 2.75) is 13.8 Å². The van der Waals surface area contributed by atoms with Crippen molar-refractivity contribution in [2.24, 2.45) is 0 Å². The van der Waals surface area contributed by atoms with E-state index >= 15 is 0 Å². The number of carbonyl (C=O) groups excluding carboxylic acids is 1. The van der Waals surface area contributed by atoms with Crippen molar-refractivity contribution in [2.75, 3.05) is 0 Å². The molecular weight excluding hydrogens is 206 g/mol. The summed E-state index contributed by atoms with van der Waals surface area (Å²) in [4.78, 5) is 18.0. The van der Waals surface area contributed by atoms with Crippen molar-refractivity contribution >= 4 is 17.1 Å². The van der Waals surface area contributed by atoms with Gasteiger partial charge in [-0.2, -0.15) is 0 Å². The average molecular weight is 217 g/mol. The molecule has 0 spiro atoms. The van der Waals surface area contributed by atoms with Crippen molar-refractivity contribution in [3.05, 3.63) is 51.5 Å². The molecule has 0 amide bonds. The van der Waals surface area contributed by atoms with Crippen molar-refractivity contribution in [1.29, 1.82) is 0 Å². The molecule has 2 aromatic rings. The van der Waals surface area contributed by atoms with E-state index < -0.39 is 0 Å². The molecule has 2 nitrogen and oxygen atoms in total. The van der Waals surface area contributed by atoms with Crippen molar-refractivity contribution in [3.8, 4) is 0 Å². The fourth-order valence-corrected chi connectivity index (χ4v) is 2.21. The van der Waals surface area contributed by atoms with E-state index in [1.165, 1.54) is 11.3 Å². The van der Waals surface area contributed by atoms with Crippen LogP contribution in [0.25, 0.3) is 0 Å². The molecule has 2 rings (SSSR count). The predicted molar refractivity (Wildman–Crippen MR) is 61.5 cm³/mol. The van der Waals surface area contributed by atoms with Gasteiger partial charge in [0.1, 0.15) is 0 Å². The van der Waals surface area contributed by atoms with Crippen LogP contribution in [0.4, 0.5) is 0 Å². The van der Waals surface area contributed by atoms with Gasteiger partial charge >= 0.3 is 0 Å². The second-order valence-corrected chi connectivity index (χ2v) is 4.72. The highest BCUT2D eigenvalue weighted by atomic mass is 32.1. The molecular formula is C12H11NOS. The third-order valence-corrected chi connectivity index (χ3v) is 3.25. The molecule has 0 saturated heterocycles. The van der Waals surface area contributed by atoms with Crippen LogP contribution in [0.2, 0.25) is 0 Å². The molecule has 0 aliphatic rings. The van der Waals surface area contributed by atoms with Gasteiger partial charge < -0.3 is 0 Å². The summed E-state index contributed by atoms with van der Waals surface area (Å²) in [6.07, 6.45) is 3.33. The number of hydrogen-bond acceptors (Lipinski definition) is 3. The summed E-state index contributed by atoms with van der Waals surface area (Å²) in [6, 6.07) is 5.69. The zero-order chi connectivity index (χ0) is 10.8. The number of aromatic nitrogens is 1. The minimum Gasteiger partial charge on any atom is -0.288 e. The summed E-state index contributed by atoms with van der Waals surface area (Å²) >= 11 is 1.52. The van der Waals surface area contributed by atoms with Gasteiger partial charge in [-0.3, -0.25) is 9.78 Å². The van der Waals surface area contributed by atoms with Crippen LogP contribution in [0.5, 0.6) is 0 Å². The standard InChI is InChI=1S/C12H11NOS/c1-8-5-6-13-7-10(8)12(14)11-4-3-9(2)15-11/h3-7H,1-2H3. The van der Waals surface area contributed by atoms with Gasteiger partial charge in [-0.1, -0.05) is 0 Å². The molecule has 15 heavy (non-hydrogen) atoms. The SMILES string of the molecule is Cc1ccc(C(=O)c2cnccc2C)s1. The summed E-state index contributed by atoms with van der Waals surface area (Å²) in [7, 11) is 0. The number of ketones is 1. The first-order chi connectivity index (χ1) is 7.18. The van der Waals surface area contributed by atoms with Crippen LogP contribution in [0.1, 0.15) is 25.7 Å². The van der Waals surface area contributed by atoms with Crippen LogP contribution < -0.4 is 0 Å². The Balaban J connectivity index is 2.41. The van der Waals surface area contributed by atoms with Gasteiger partial charge in [0.05, 0.1) is 4.88 Å². The van der Waals surface area contributed by atoms with E-state index in [0.29, 0.717) is 5.56 Å². The third-order valence-electron chi connectivity index (χ3n) is 2.25. The van der Waals surface area contributed by atoms with Gasteiger partial charge in [-0.15, -0.1) is 11.3 Å². The molecule has 3 heteroatoms. The van der Waals surface area contributed by atoms with Gasteiger partial charge in [-0.25, -0.2) is 0 Å². The monoisotopic (exact) mass is 217 g/mol. The zero-order valence-electron chi connectivity index (χ0n) is 8.65. The summed E-state index contributed by atoms with van der Waals surface area (Å²) in [5.74, 6) is 0.0682. The minimum absolute atomic E-state index is 0.0682. The molecule has 0 aliphatic carbocycles. The van der Waals surface area contributed by atoms with E-state index in [-0.39, 0.29) is 5.78 Å². The van der Waals surface area contributed by atoms with Crippen LogP contribution in [-0.4, -0.2) is 10.8 Å². The molecule has 0 atom stereocenters. The highest BCUT2D eigenvalue weighted by Crippen LogP contribution is 2.20. The highest BCUT2D eigenvalue weighted by molar-refractivity contribution is 7.14. The van der Waals surface area contributed by atoms with Crippen molar-refractivity contribution in [1.82, 2.24) is 4.98 Å². The Bertz CT molecular complexity index is 502. The number of thiophene rings is 1. The molecule has 0 radical (unpaired) electrons. The molecule has 0 aromatic carbocycles. The van der Waals surface area contributed by atoms with Gasteiger partial charge in [0.25, 0.3) is 0 Å². The Morgan fingerprint density at radius 3 is 2.67 bits per heavy atom. The fraction of sp³-hybridized carbons (Fsp3) is 0.167. The Kier molecular flexibility index (Phi) is 2.64. The maximum Gasteiger partial charge on any atom is 0.204 e. The van der Waals surface area contributed by atoms with Gasteiger partial charge in [0.15, 0.2) is 0 Å². The highest BCUT2D eigenvalue weighted by Gasteiger charge is 2.12. The molecule has 2 heterocycles. The van der Waals surface area contributed by atoms with Crippen molar-refractivity contribution < 1.29 is 4.79 Å². The van der Waals surface area contributed by atoms with Gasteiger partial charge in [0, 0.05) is 22.8 Å². The van der Waals surface area contributed by atoms with Crippen LogP contribution >= 0.6 is 11.3 Å². The number of carbonyl (C=O) groups is 1. The predicted octanol–water partition coefficient (Wildman–Crippen LogP) is 2.99. The first-order valence-corrected chi connectivity index (χ1v) is 5.52. The molecule has 0 aliphatic heterocycles. The van der Waals surface area contributed by atoms with E-state index in [4.69, 9.17) is 0 Å². The van der Waals surface area contributed by atoms with Gasteiger partial charge in [0.2, 0.25) is 5.78 Å². The first kappa shape index (κ1) is 10.1. The van der Waals surface area contributed by atoms with Crippen LogP contribution in [0.3, 0.4) is 0 Å². The average Bonchev–Trinajstić information content (AvgIpc) is 2.65. The molecule has 0 bridgehead atoms. The topological polar surface area (TPSA) is 30.0 Å². The number of nitrogens with zero attached hydrogens (tertiary/aromatic N) is 1. The van der Waals surface area contributed by atoms with Crippen LogP contribution in [0.15, 0.2) is 30.6 Å². The van der Waals surface area contributed by atoms with E-state index in [1.807, 2.05) is 32.0 Å². The summed E-state index contributed by atoms with van der Waals surface area (Å²) in [6.45, 7) is 3.92. The summed E-state index contributed by atoms with van der Waals surface area (Å²) < 4.78 is 0. The van der Waals surface area contributed by atoms with E-state index in [1.54, 1.807) is 12.4 Å². The Morgan fingerprint density at radius 1 is 1.27 bits per heavy atom. The lowest BCUT2D eigenvalue weighted by molar-refractivity contribution is 0.104. The Morgan fingerprint density at radius 2 is 2.07 bits per heavy atom. The molecule has 0 fully saturated rings. The first-order valence-electron chi connectivity index (χ1n) is 4.70. The normalized spacial score (nSPS) is 10.3.